The Morgan fingerprint density at radius 1 is 1.00 bits per heavy atom. The van der Waals surface area contributed by atoms with Crippen LogP contribution in [-0.2, 0) is 0 Å². The van der Waals surface area contributed by atoms with E-state index in [0.29, 0.717) is 24.4 Å². The van der Waals surface area contributed by atoms with Gasteiger partial charge in [-0.3, -0.25) is 0 Å². The Kier molecular flexibility index (Phi) is 7.43. The Balaban J connectivity index is 1.23. The number of ether oxygens (including phenoxy) is 1. The predicted octanol–water partition coefficient (Wildman–Crippen LogP) is 5.72. The summed E-state index contributed by atoms with van der Waals surface area (Å²) in [5, 5.41) is 7.73. The molecule has 1 saturated heterocycles. The highest BCUT2D eigenvalue weighted by Gasteiger charge is 2.24. The van der Waals surface area contributed by atoms with Crippen molar-refractivity contribution in [2.24, 2.45) is 5.92 Å². The van der Waals surface area contributed by atoms with Crippen molar-refractivity contribution in [1.82, 2.24) is 20.3 Å². The molecule has 3 aromatic rings. The second kappa shape index (κ2) is 10.5. The van der Waals surface area contributed by atoms with E-state index in [-0.39, 0.29) is 29.0 Å². The molecule has 0 N–H and O–H groups in total. The third-order valence-corrected chi connectivity index (χ3v) is 6.03. The van der Waals surface area contributed by atoms with Gasteiger partial charge in [-0.15, -0.1) is 0 Å². The number of piperidine rings is 1. The van der Waals surface area contributed by atoms with Crippen LogP contribution in [0.1, 0.15) is 76.9 Å². The Hall–Kier alpha value is -3.04. The monoisotopic (exact) mass is 475 g/mol. The molecule has 0 bridgehead atoms. The molecule has 0 saturated carbocycles. The quantitative estimate of drug-likeness (QED) is 0.363. The third-order valence-electron chi connectivity index (χ3n) is 6.03. The zero-order valence-corrected chi connectivity index (χ0v) is 20.1. The minimum absolute atomic E-state index is 0.0289. The van der Waals surface area contributed by atoms with Crippen molar-refractivity contribution in [3.05, 3.63) is 35.5 Å². The number of benzene rings is 1. The molecule has 0 spiro atoms. The number of nitrogens with zero attached hydrogens (tertiary/aromatic N) is 5. The highest BCUT2D eigenvalue weighted by atomic mass is 19.1. The number of aromatic nitrogens is 4. The topological polar surface area (TPSA) is 90.3 Å². The molecule has 1 fully saturated rings. The molecule has 3 heterocycles. The minimum Gasteiger partial charge on any atom is -0.493 e. The van der Waals surface area contributed by atoms with E-state index in [0.717, 1.165) is 56.7 Å². The molecular formula is C24H31F2N5O3. The van der Waals surface area contributed by atoms with E-state index < -0.39 is 11.6 Å². The molecule has 1 aliphatic heterocycles. The zero-order valence-electron chi connectivity index (χ0n) is 20.1. The lowest BCUT2D eigenvalue weighted by Crippen LogP contribution is -2.34. The molecule has 10 heteroatoms. The SMILES string of the molecule is CC(C)c1noc(N2CCC(CCCOc3cc(F)c(-c4noc(C(C)C)n4)c(F)c3)CC2)n1. The van der Waals surface area contributed by atoms with Gasteiger partial charge in [-0.1, -0.05) is 38.0 Å². The van der Waals surface area contributed by atoms with E-state index in [1.54, 1.807) is 0 Å². The van der Waals surface area contributed by atoms with Crippen molar-refractivity contribution in [1.29, 1.82) is 0 Å². The highest BCUT2D eigenvalue weighted by Crippen LogP contribution is 2.30. The molecule has 0 atom stereocenters. The standard InChI is InChI=1S/C24H31F2N5O3/c1-14(2)21-28-24(34-29-21)31-9-7-16(8-10-31)6-5-11-32-17-12-18(25)20(19(26)13-17)22-27-23(15(3)4)33-30-22/h12-16H,5-11H2,1-4H3. The van der Waals surface area contributed by atoms with Gasteiger partial charge in [0.15, 0.2) is 5.82 Å². The van der Waals surface area contributed by atoms with Crippen molar-refractivity contribution < 1.29 is 22.6 Å². The summed E-state index contributed by atoms with van der Waals surface area (Å²) in [5.74, 6) is 0.335. The fraction of sp³-hybridized carbons (Fsp3) is 0.583. The second-order valence-corrected chi connectivity index (χ2v) is 9.38. The maximum Gasteiger partial charge on any atom is 0.324 e. The van der Waals surface area contributed by atoms with Gasteiger partial charge in [0.25, 0.3) is 0 Å². The molecule has 2 aromatic heterocycles. The fourth-order valence-corrected chi connectivity index (χ4v) is 3.98. The van der Waals surface area contributed by atoms with Crippen LogP contribution >= 0.6 is 0 Å². The van der Waals surface area contributed by atoms with Gasteiger partial charge >= 0.3 is 6.01 Å². The van der Waals surface area contributed by atoms with Crippen LogP contribution in [0.2, 0.25) is 0 Å². The first-order valence-corrected chi connectivity index (χ1v) is 11.9. The number of hydrogen-bond donors (Lipinski definition) is 0. The van der Waals surface area contributed by atoms with Crippen LogP contribution in [0.15, 0.2) is 21.2 Å². The van der Waals surface area contributed by atoms with Crippen molar-refractivity contribution in [3.63, 3.8) is 0 Å². The molecule has 1 aliphatic rings. The van der Waals surface area contributed by atoms with Crippen LogP contribution < -0.4 is 9.64 Å². The Morgan fingerprint density at radius 2 is 1.71 bits per heavy atom. The largest absolute Gasteiger partial charge is 0.493 e. The lowest BCUT2D eigenvalue weighted by atomic mass is 9.92. The van der Waals surface area contributed by atoms with Gasteiger partial charge in [-0.25, -0.2) is 8.78 Å². The first-order valence-electron chi connectivity index (χ1n) is 11.9. The molecule has 0 amide bonds. The number of anilines is 1. The molecular weight excluding hydrogens is 444 g/mol. The minimum atomic E-state index is -0.778. The van der Waals surface area contributed by atoms with E-state index >= 15 is 0 Å². The van der Waals surface area contributed by atoms with Crippen molar-refractivity contribution >= 4 is 6.01 Å². The van der Waals surface area contributed by atoms with Crippen LogP contribution in [0.3, 0.4) is 0 Å². The van der Waals surface area contributed by atoms with Crippen LogP contribution in [0, 0.1) is 17.6 Å². The number of hydrogen-bond acceptors (Lipinski definition) is 8. The Morgan fingerprint density at radius 3 is 2.29 bits per heavy atom. The van der Waals surface area contributed by atoms with E-state index in [4.69, 9.17) is 13.8 Å². The molecule has 0 aliphatic carbocycles. The summed E-state index contributed by atoms with van der Waals surface area (Å²) >= 11 is 0. The predicted molar refractivity (Wildman–Crippen MR) is 122 cm³/mol. The van der Waals surface area contributed by atoms with Crippen molar-refractivity contribution in [2.45, 2.75) is 65.2 Å². The van der Waals surface area contributed by atoms with E-state index in [1.807, 2.05) is 27.7 Å². The lowest BCUT2D eigenvalue weighted by molar-refractivity contribution is 0.274. The lowest BCUT2D eigenvalue weighted by Gasteiger charge is -2.30. The summed E-state index contributed by atoms with van der Waals surface area (Å²) in [6.07, 6.45) is 3.84. The maximum absolute atomic E-state index is 14.6. The number of rotatable bonds is 9. The summed E-state index contributed by atoms with van der Waals surface area (Å²) in [6, 6.07) is 2.93. The van der Waals surface area contributed by atoms with Gasteiger partial charge in [0.05, 0.1) is 12.2 Å². The smallest absolute Gasteiger partial charge is 0.324 e. The zero-order chi connectivity index (χ0) is 24.2. The van der Waals surface area contributed by atoms with E-state index in [2.05, 4.69) is 25.2 Å². The number of halogens is 2. The first-order chi connectivity index (χ1) is 16.3. The second-order valence-electron chi connectivity index (χ2n) is 9.38. The van der Waals surface area contributed by atoms with Gasteiger partial charge in [0.2, 0.25) is 11.7 Å². The molecule has 1 aromatic carbocycles. The van der Waals surface area contributed by atoms with E-state index in [9.17, 15) is 8.78 Å². The van der Waals surface area contributed by atoms with Crippen molar-refractivity contribution in [2.75, 3.05) is 24.6 Å². The van der Waals surface area contributed by atoms with Crippen LogP contribution in [0.4, 0.5) is 14.8 Å². The summed E-state index contributed by atoms with van der Waals surface area (Å²) in [4.78, 5) is 10.7. The normalized spacial score (nSPS) is 15.0. The summed E-state index contributed by atoms with van der Waals surface area (Å²) in [7, 11) is 0. The van der Waals surface area contributed by atoms with Gasteiger partial charge in [-0.2, -0.15) is 9.97 Å². The molecule has 8 nitrogen and oxygen atoms in total. The third kappa shape index (κ3) is 5.53. The van der Waals surface area contributed by atoms with Gasteiger partial charge < -0.3 is 18.7 Å². The molecule has 4 rings (SSSR count). The Labute approximate surface area is 197 Å². The average Bonchev–Trinajstić information content (AvgIpc) is 3.47. The van der Waals surface area contributed by atoms with Crippen LogP contribution in [-0.4, -0.2) is 40.0 Å². The van der Waals surface area contributed by atoms with Crippen molar-refractivity contribution in [3.8, 4) is 17.1 Å². The molecule has 0 radical (unpaired) electrons. The molecule has 184 valence electrons. The van der Waals surface area contributed by atoms with Crippen LogP contribution in [0.25, 0.3) is 11.4 Å². The fourth-order valence-electron chi connectivity index (χ4n) is 3.98. The van der Waals surface area contributed by atoms with Gasteiger partial charge in [-0.05, 0) is 31.6 Å². The summed E-state index contributed by atoms with van der Waals surface area (Å²) < 4.78 is 45.2. The van der Waals surface area contributed by atoms with Gasteiger partial charge in [0.1, 0.15) is 17.4 Å². The van der Waals surface area contributed by atoms with Crippen LogP contribution in [0.5, 0.6) is 5.75 Å². The average molecular weight is 476 g/mol. The summed E-state index contributed by atoms with van der Waals surface area (Å²) in [6.45, 7) is 9.93. The molecule has 34 heavy (non-hydrogen) atoms. The summed E-state index contributed by atoms with van der Waals surface area (Å²) in [5.41, 5.74) is -0.309. The van der Waals surface area contributed by atoms with E-state index in [1.165, 1.54) is 0 Å². The highest BCUT2D eigenvalue weighted by molar-refractivity contribution is 5.58. The van der Waals surface area contributed by atoms with Gasteiger partial charge in [0, 0.05) is 37.1 Å². The molecule has 0 unspecified atom stereocenters. The maximum atomic E-state index is 14.6. The first kappa shape index (κ1) is 24.1. The Bertz CT molecular complexity index is 1070.